The highest BCUT2D eigenvalue weighted by atomic mass is 16.2. The van der Waals surface area contributed by atoms with Crippen molar-refractivity contribution >= 4 is 11.8 Å². The van der Waals surface area contributed by atoms with Crippen molar-refractivity contribution in [3.8, 4) is 0 Å². The number of allylic oxidation sites excluding steroid dienone is 2. The first-order chi connectivity index (χ1) is 10.8. The van der Waals surface area contributed by atoms with Gasteiger partial charge in [0.15, 0.2) is 0 Å². The van der Waals surface area contributed by atoms with Crippen LogP contribution < -0.4 is 10.6 Å². The molecular weight excluding hydrogens is 288 g/mol. The summed E-state index contributed by atoms with van der Waals surface area (Å²) in [5.74, 6) is 0.364. The average molecular weight is 314 g/mol. The molecular formula is C19H26N2O2. The number of rotatable bonds is 5. The zero-order valence-electron chi connectivity index (χ0n) is 14.6. The molecule has 1 aliphatic rings. The fourth-order valence-electron chi connectivity index (χ4n) is 3.07. The molecule has 2 amide bonds. The van der Waals surface area contributed by atoms with Crippen LogP contribution in [0.2, 0.25) is 0 Å². The van der Waals surface area contributed by atoms with Crippen LogP contribution in [0.1, 0.15) is 43.6 Å². The second-order valence-corrected chi connectivity index (χ2v) is 7.06. The molecule has 1 aromatic rings. The van der Waals surface area contributed by atoms with Crippen molar-refractivity contribution in [3.05, 3.63) is 47.0 Å². The molecule has 0 saturated heterocycles. The maximum atomic E-state index is 12.4. The van der Waals surface area contributed by atoms with Gasteiger partial charge in [-0.05, 0) is 42.9 Å². The summed E-state index contributed by atoms with van der Waals surface area (Å²) in [5.41, 5.74) is 2.89. The fraction of sp³-hybridized carbons (Fsp3) is 0.474. The van der Waals surface area contributed by atoms with Crippen molar-refractivity contribution in [1.29, 1.82) is 0 Å². The molecule has 0 spiro atoms. The molecule has 0 radical (unpaired) electrons. The third-order valence-electron chi connectivity index (χ3n) is 4.62. The average Bonchev–Trinajstić information content (AvgIpc) is 3.04. The van der Waals surface area contributed by atoms with Gasteiger partial charge in [0.2, 0.25) is 5.91 Å². The second-order valence-electron chi connectivity index (χ2n) is 7.06. The molecule has 23 heavy (non-hydrogen) atoms. The lowest BCUT2D eigenvalue weighted by Crippen LogP contribution is -2.26. The normalized spacial score (nSPS) is 21.3. The molecule has 4 nitrogen and oxygen atoms in total. The van der Waals surface area contributed by atoms with Gasteiger partial charge in [-0.2, -0.15) is 0 Å². The Labute approximate surface area is 138 Å². The third-order valence-corrected chi connectivity index (χ3v) is 4.62. The van der Waals surface area contributed by atoms with Crippen molar-refractivity contribution in [2.24, 2.45) is 17.3 Å². The minimum Gasteiger partial charge on any atom is -0.355 e. The SMILES string of the molecule is CNC(=O)c1ccc(CNC(=O)C2C(C=C(C)C)C2(C)C)cc1. The molecule has 1 aromatic carbocycles. The molecule has 2 rings (SSSR count). The van der Waals surface area contributed by atoms with Crippen LogP contribution in [-0.2, 0) is 11.3 Å². The summed E-state index contributed by atoms with van der Waals surface area (Å²) in [6.45, 7) is 8.90. The van der Waals surface area contributed by atoms with Gasteiger partial charge in [-0.3, -0.25) is 9.59 Å². The molecule has 0 heterocycles. The van der Waals surface area contributed by atoms with E-state index in [1.807, 2.05) is 12.1 Å². The molecule has 2 unspecified atom stereocenters. The lowest BCUT2D eigenvalue weighted by atomic mass is 10.1. The number of hydrogen-bond donors (Lipinski definition) is 2. The van der Waals surface area contributed by atoms with Gasteiger partial charge in [-0.1, -0.05) is 37.6 Å². The first-order valence-corrected chi connectivity index (χ1v) is 8.01. The second kappa shape index (κ2) is 6.57. The van der Waals surface area contributed by atoms with Crippen LogP contribution in [0.5, 0.6) is 0 Å². The number of carbonyl (C=O) groups is 2. The summed E-state index contributed by atoms with van der Waals surface area (Å²) in [6.07, 6.45) is 2.20. The Morgan fingerprint density at radius 3 is 2.30 bits per heavy atom. The fourth-order valence-corrected chi connectivity index (χ4v) is 3.07. The van der Waals surface area contributed by atoms with Gasteiger partial charge < -0.3 is 10.6 Å². The number of carbonyl (C=O) groups excluding carboxylic acids is 2. The highest BCUT2D eigenvalue weighted by Crippen LogP contribution is 2.59. The smallest absolute Gasteiger partial charge is 0.251 e. The van der Waals surface area contributed by atoms with E-state index in [1.165, 1.54) is 5.57 Å². The number of nitrogens with one attached hydrogen (secondary N) is 2. The van der Waals surface area contributed by atoms with Crippen molar-refractivity contribution in [1.82, 2.24) is 10.6 Å². The largest absolute Gasteiger partial charge is 0.355 e. The zero-order valence-corrected chi connectivity index (χ0v) is 14.6. The van der Waals surface area contributed by atoms with Gasteiger partial charge in [-0.25, -0.2) is 0 Å². The van der Waals surface area contributed by atoms with E-state index in [1.54, 1.807) is 19.2 Å². The maximum Gasteiger partial charge on any atom is 0.251 e. The van der Waals surface area contributed by atoms with Crippen molar-refractivity contribution in [2.45, 2.75) is 34.2 Å². The van der Waals surface area contributed by atoms with Crippen LogP contribution in [0, 0.1) is 17.3 Å². The predicted octanol–water partition coefficient (Wildman–Crippen LogP) is 2.90. The van der Waals surface area contributed by atoms with E-state index >= 15 is 0 Å². The number of amides is 2. The van der Waals surface area contributed by atoms with E-state index in [2.05, 4.69) is 44.4 Å². The molecule has 2 atom stereocenters. The molecule has 1 saturated carbocycles. The summed E-state index contributed by atoms with van der Waals surface area (Å²) in [7, 11) is 1.61. The van der Waals surface area contributed by atoms with Gasteiger partial charge >= 0.3 is 0 Å². The Balaban J connectivity index is 1.93. The van der Waals surface area contributed by atoms with Crippen LogP contribution in [0.3, 0.4) is 0 Å². The Morgan fingerprint density at radius 1 is 1.17 bits per heavy atom. The van der Waals surface area contributed by atoms with E-state index in [9.17, 15) is 9.59 Å². The molecule has 0 aromatic heterocycles. The first kappa shape index (κ1) is 17.3. The van der Waals surface area contributed by atoms with Gasteiger partial charge in [0, 0.05) is 19.2 Å². The monoisotopic (exact) mass is 314 g/mol. The van der Waals surface area contributed by atoms with E-state index in [0.29, 0.717) is 18.0 Å². The van der Waals surface area contributed by atoms with Crippen LogP contribution >= 0.6 is 0 Å². The Morgan fingerprint density at radius 2 is 1.78 bits per heavy atom. The number of benzene rings is 1. The Bertz CT molecular complexity index is 625. The van der Waals surface area contributed by atoms with Crippen molar-refractivity contribution in [2.75, 3.05) is 7.05 Å². The van der Waals surface area contributed by atoms with Gasteiger partial charge in [0.25, 0.3) is 5.91 Å². The van der Waals surface area contributed by atoms with Gasteiger partial charge in [0.1, 0.15) is 0 Å². The predicted molar refractivity (Wildman–Crippen MR) is 91.9 cm³/mol. The molecule has 124 valence electrons. The summed E-state index contributed by atoms with van der Waals surface area (Å²) in [6, 6.07) is 7.29. The minimum atomic E-state index is -0.107. The standard InChI is InChI=1S/C19H26N2O2/c1-12(2)10-15-16(19(15,3)4)18(23)21-11-13-6-8-14(9-7-13)17(22)20-5/h6-10,15-16H,11H2,1-5H3,(H,20,22)(H,21,23). The summed E-state index contributed by atoms with van der Waals surface area (Å²) in [4.78, 5) is 23.9. The summed E-state index contributed by atoms with van der Waals surface area (Å²) < 4.78 is 0. The lowest BCUT2D eigenvalue weighted by molar-refractivity contribution is -0.123. The van der Waals surface area contributed by atoms with E-state index in [-0.39, 0.29) is 23.1 Å². The van der Waals surface area contributed by atoms with Crippen molar-refractivity contribution in [3.63, 3.8) is 0 Å². The first-order valence-electron chi connectivity index (χ1n) is 8.01. The molecule has 1 aliphatic carbocycles. The van der Waals surface area contributed by atoms with Crippen LogP contribution in [0.25, 0.3) is 0 Å². The Hall–Kier alpha value is -2.10. The molecule has 4 heteroatoms. The van der Waals surface area contributed by atoms with Gasteiger partial charge in [0.05, 0.1) is 5.92 Å². The maximum absolute atomic E-state index is 12.4. The van der Waals surface area contributed by atoms with Crippen LogP contribution in [-0.4, -0.2) is 18.9 Å². The third kappa shape index (κ3) is 3.81. The zero-order chi connectivity index (χ0) is 17.2. The quantitative estimate of drug-likeness (QED) is 0.821. The van der Waals surface area contributed by atoms with E-state index < -0.39 is 0 Å². The van der Waals surface area contributed by atoms with Crippen molar-refractivity contribution < 1.29 is 9.59 Å². The molecule has 0 bridgehead atoms. The molecule has 2 N–H and O–H groups in total. The molecule has 0 aliphatic heterocycles. The highest BCUT2D eigenvalue weighted by Gasteiger charge is 2.60. The lowest BCUT2D eigenvalue weighted by Gasteiger charge is -2.07. The topological polar surface area (TPSA) is 58.2 Å². The number of hydrogen-bond acceptors (Lipinski definition) is 2. The van der Waals surface area contributed by atoms with Crippen LogP contribution in [0.4, 0.5) is 0 Å². The van der Waals surface area contributed by atoms with Crippen LogP contribution in [0.15, 0.2) is 35.9 Å². The highest BCUT2D eigenvalue weighted by molar-refractivity contribution is 5.94. The summed E-state index contributed by atoms with van der Waals surface area (Å²) in [5, 5.41) is 5.60. The van der Waals surface area contributed by atoms with E-state index in [4.69, 9.17) is 0 Å². The van der Waals surface area contributed by atoms with Gasteiger partial charge in [-0.15, -0.1) is 0 Å². The molecule has 1 fully saturated rings. The summed E-state index contributed by atoms with van der Waals surface area (Å²) >= 11 is 0. The van der Waals surface area contributed by atoms with E-state index in [0.717, 1.165) is 5.56 Å². The Kier molecular flexibility index (Phi) is 4.93. The minimum absolute atomic E-state index is 0.0322.